The van der Waals surface area contributed by atoms with Crippen molar-refractivity contribution < 1.29 is 9.59 Å². The Bertz CT molecular complexity index is 937. The molecule has 0 aliphatic carbocycles. The van der Waals surface area contributed by atoms with Crippen molar-refractivity contribution in [1.82, 2.24) is 4.90 Å². The Morgan fingerprint density at radius 1 is 1.15 bits per heavy atom. The molecule has 0 bridgehead atoms. The van der Waals surface area contributed by atoms with E-state index in [0.717, 1.165) is 29.9 Å². The van der Waals surface area contributed by atoms with Crippen LogP contribution in [0.15, 0.2) is 36.4 Å². The number of likely N-dealkylation sites (tertiary alicyclic amines) is 1. The van der Waals surface area contributed by atoms with Crippen LogP contribution >= 0.6 is 23.2 Å². The summed E-state index contributed by atoms with van der Waals surface area (Å²) in [6, 6.07) is 10.7. The summed E-state index contributed by atoms with van der Waals surface area (Å²) in [5.74, 6) is -0.481. The van der Waals surface area contributed by atoms with E-state index in [1.807, 2.05) is 12.1 Å². The van der Waals surface area contributed by atoms with Gasteiger partial charge in [0.2, 0.25) is 11.8 Å². The molecule has 4 rings (SSSR count). The highest BCUT2D eigenvalue weighted by Crippen LogP contribution is 2.45. The van der Waals surface area contributed by atoms with Crippen LogP contribution in [0.5, 0.6) is 0 Å². The molecule has 27 heavy (non-hydrogen) atoms. The fraction of sp³-hybridized carbons (Fsp3) is 0.300. The fourth-order valence-corrected chi connectivity index (χ4v) is 4.52. The third kappa shape index (κ3) is 3.20. The normalized spacial score (nSPS) is 18.4. The third-order valence-electron chi connectivity index (χ3n) is 5.62. The second kappa shape index (κ2) is 6.82. The van der Waals surface area contributed by atoms with Crippen LogP contribution in [0.1, 0.15) is 34.3 Å². The van der Waals surface area contributed by atoms with Gasteiger partial charge in [0.05, 0.1) is 5.41 Å². The summed E-state index contributed by atoms with van der Waals surface area (Å²) in [6.07, 6.45) is 1.36. The van der Waals surface area contributed by atoms with Gasteiger partial charge in [-0.15, -0.1) is 0 Å². The van der Waals surface area contributed by atoms with Gasteiger partial charge in [0, 0.05) is 27.8 Å². The second-order valence-electron chi connectivity index (χ2n) is 7.17. The minimum Gasteiger partial charge on any atom is -0.366 e. The van der Waals surface area contributed by atoms with E-state index in [1.165, 1.54) is 0 Å². The van der Waals surface area contributed by atoms with Crippen LogP contribution in [0.25, 0.3) is 0 Å². The van der Waals surface area contributed by atoms with Gasteiger partial charge in [-0.3, -0.25) is 14.5 Å². The monoisotopic (exact) mass is 403 g/mol. The lowest BCUT2D eigenvalue weighted by Crippen LogP contribution is -2.46. The van der Waals surface area contributed by atoms with Gasteiger partial charge in [-0.05, 0) is 67.4 Å². The van der Waals surface area contributed by atoms with Gasteiger partial charge in [-0.1, -0.05) is 29.3 Å². The molecule has 2 aliphatic rings. The lowest BCUT2D eigenvalue weighted by Gasteiger charge is -2.38. The number of nitrogens with zero attached hydrogens (tertiary/aromatic N) is 1. The maximum Gasteiger partial charge on any atom is 0.248 e. The molecule has 1 fully saturated rings. The first-order valence-corrected chi connectivity index (χ1v) is 9.57. The number of piperidine rings is 1. The largest absolute Gasteiger partial charge is 0.366 e. The molecule has 3 N–H and O–H groups in total. The summed E-state index contributed by atoms with van der Waals surface area (Å²) in [6.45, 7) is 2.22. The Kier molecular flexibility index (Phi) is 4.62. The molecule has 2 aromatic carbocycles. The van der Waals surface area contributed by atoms with Crippen LogP contribution in [0, 0.1) is 0 Å². The molecule has 2 aromatic rings. The van der Waals surface area contributed by atoms with Crippen LogP contribution < -0.4 is 11.1 Å². The smallest absolute Gasteiger partial charge is 0.248 e. The van der Waals surface area contributed by atoms with Crippen molar-refractivity contribution >= 4 is 40.7 Å². The van der Waals surface area contributed by atoms with E-state index in [4.69, 9.17) is 28.9 Å². The first-order chi connectivity index (χ1) is 12.9. The minimum atomic E-state index is -0.596. The van der Waals surface area contributed by atoms with Crippen LogP contribution in [0.4, 0.5) is 5.69 Å². The number of hydrogen-bond acceptors (Lipinski definition) is 3. The molecule has 5 nitrogen and oxygen atoms in total. The summed E-state index contributed by atoms with van der Waals surface area (Å²) in [5.41, 5.74) is 7.93. The summed E-state index contributed by atoms with van der Waals surface area (Å²) in [7, 11) is 0. The Labute approximate surface area is 167 Å². The number of hydrogen-bond donors (Lipinski definition) is 2. The molecule has 140 valence electrons. The predicted octanol–water partition coefficient (Wildman–Crippen LogP) is 3.58. The quantitative estimate of drug-likeness (QED) is 0.821. The maximum absolute atomic E-state index is 12.8. The van der Waals surface area contributed by atoms with Gasteiger partial charge in [0.1, 0.15) is 0 Å². The maximum atomic E-state index is 12.8. The summed E-state index contributed by atoms with van der Waals surface area (Å²) < 4.78 is 0. The number of primary amides is 1. The Balaban J connectivity index is 1.54. The summed E-state index contributed by atoms with van der Waals surface area (Å²) >= 11 is 12.3. The number of amides is 2. The van der Waals surface area contributed by atoms with Crippen molar-refractivity contribution in [3.63, 3.8) is 0 Å². The number of nitrogens with one attached hydrogen (secondary N) is 1. The first-order valence-electron chi connectivity index (χ1n) is 8.81. The molecule has 0 unspecified atom stereocenters. The van der Waals surface area contributed by atoms with Crippen molar-refractivity contribution in [2.75, 3.05) is 18.4 Å². The third-order valence-corrected chi connectivity index (χ3v) is 6.21. The lowest BCUT2D eigenvalue weighted by atomic mass is 9.73. The molecule has 1 spiro atoms. The SMILES string of the molecule is NC(=O)c1ccc2c(c1)C1(CCN(Cc3ccc(Cl)cc3Cl)CC1)C(=O)N2. The second-order valence-corrected chi connectivity index (χ2v) is 8.02. The molecule has 0 aromatic heterocycles. The predicted molar refractivity (Wildman–Crippen MR) is 106 cm³/mol. The highest BCUT2D eigenvalue weighted by atomic mass is 35.5. The number of carbonyl (C=O) groups is 2. The molecule has 2 aliphatic heterocycles. The van der Waals surface area contributed by atoms with E-state index >= 15 is 0 Å². The summed E-state index contributed by atoms with van der Waals surface area (Å²) in [4.78, 5) is 26.6. The number of carbonyl (C=O) groups excluding carboxylic acids is 2. The average molecular weight is 404 g/mol. The average Bonchev–Trinajstić information content (AvgIpc) is 2.90. The van der Waals surface area contributed by atoms with Gasteiger partial charge in [-0.25, -0.2) is 0 Å². The van der Waals surface area contributed by atoms with Crippen LogP contribution in [0.3, 0.4) is 0 Å². The first kappa shape index (κ1) is 18.3. The Hall–Kier alpha value is -2.08. The van der Waals surface area contributed by atoms with Gasteiger partial charge in [-0.2, -0.15) is 0 Å². The molecule has 0 radical (unpaired) electrons. The molecule has 1 saturated heterocycles. The highest BCUT2D eigenvalue weighted by Gasteiger charge is 2.48. The number of anilines is 1. The van der Waals surface area contributed by atoms with Crippen molar-refractivity contribution in [3.8, 4) is 0 Å². The van der Waals surface area contributed by atoms with E-state index in [-0.39, 0.29) is 5.91 Å². The molecule has 0 atom stereocenters. The van der Waals surface area contributed by atoms with Crippen LogP contribution in [-0.4, -0.2) is 29.8 Å². The Morgan fingerprint density at radius 3 is 2.56 bits per heavy atom. The molecular formula is C20H19Cl2N3O2. The van der Waals surface area contributed by atoms with Crippen molar-refractivity contribution in [3.05, 3.63) is 63.1 Å². The van der Waals surface area contributed by atoms with E-state index < -0.39 is 11.3 Å². The standard InChI is InChI=1S/C20H19Cl2N3O2/c21-14-3-1-13(16(22)10-14)11-25-7-5-20(6-8-25)15-9-12(18(23)26)2-4-17(15)24-19(20)27/h1-4,9-10H,5-8,11H2,(H2,23,26)(H,24,27). The molecule has 0 saturated carbocycles. The van der Waals surface area contributed by atoms with E-state index in [1.54, 1.807) is 24.3 Å². The zero-order valence-corrected chi connectivity index (χ0v) is 16.1. The van der Waals surface area contributed by atoms with E-state index in [9.17, 15) is 9.59 Å². The van der Waals surface area contributed by atoms with E-state index in [2.05, 4.69) is 10.2 Å². The lowest BCUT2D eigenvalue weighted by molar-refractivity contribution is -0.122. The van der Waals surface area contributed by atoms with Crippen LogP contribution in [0.2, 0.25) is 10.0 Å². The molecular weight excluding hydrogens is 385 g/mol. The number of nitrogens with two attached hydrogens (primary N) is 1. The molecule has 2 heterocycles. The number of halogens is 2. The number of rotatable bonds is 3. The molecule has 2 amide bonds. The van der Waals surface area contributed by atoms with E-state index in [0.29, 0.717) is 35.0 Å². The van der Waals surface area contributed by atoms with Gasteiger partial charge in [0.25, 0.3) is 0 Å². The van der Waals surface area contributed by atoms with Gasteiger partial charge < -0.3 is 11.1 Å². The zero-order valence-electron chi connectivity index (χ0n) is 14.6. The van der Waals surface area contributed by atoms with Crippen LogP contribution in [-0.2, 0) is 16.8 Å². The number of fused-ring (bicyclic) bond motifs is 2. The van der Waals surface area contributed by atoms with Crippen molar-refractivity contribution in [1.29, 1.82) is 0 Å². The Morgan fingerprint density at radius 2 is 1.89 bits per heavy atom. The topological polar surface area (TPSA) is 75.4 Å². The highest BCUT2D eigenvalue weighted by molar-refractivity contribution is 6.35. The molecule has 7 heteroatoms. The number of benzene rings is 2. The zero-order chi connectivity index (χ0) is 19.2. The van der Waals surface area contributed by atoms with Crippen molar-refractivity contribution in [2.45, 2.75) is 24.8 Å². The fourth-order valence-electron chi connectivity index (χ4n) is 4.05. The van der Waals surface area contributed by atoms with Gasteiger partial charge >= 0.3 is 0 Å². The van der Waals surface area contributed by atoms with Crippen molar-refractivity contribution in [2.24, 2.45) is 5.73 Å². The van der Waals surface area contributed by atoms with Gasteiger partial charge in [0.15, 0.2) is 0 Å². The minimum absolute atomic E-state index is 0.00305. The summed E-state index contributed by atoms with van der Waals surface area (Å²) in [5, 5.41) is 4.23.